The minimum atomic E-state index is -4.37. The van der Waals surface area contributed by atoms with Gasteiger partial charge >= 0.3 is 6.18 Å². The Hall–Kier alpha value is -1.35. The predicted molar refractivity (Wildman–Crippen MR) is 86.2 cm³/mol. The number of nitrogens with zero attached hydrogens (tertiary/aromatic N) is 1. The van der Waals surface area contributed by atoms with Gasteiger partial charge in [0.05, 0.1) is 16.6 Å². The van der Waals surface area contributed by atoms with Crippen molar-refractivity contribution in [1.29, 1.82) is 0 Å². The Balaban J connectivity index is 2.23. The Morgan fingerprint density at radius 3 is 2.33 bits per heavy atom. The lowest BCUT2D eigenvalue weighted by Gasteiger charge is -2.07. The third kappa shape index (κ3) is 2.71. The van der Waals surface area contributed by atoms with Crippen molar-refractivity contribution in [2.45, 2.75) is 6.18 Å². The second-order valence-electron chi connectivity index (χ2n) is 4.47. The standard InChI is InChI=1S/C14H8F3IN2S/c15-14(16,17)8-1-6-12-11(7-8)19-13(21)20(12)10-4-2-9(18)3-5-10/h1-7H,(H,19,21). The van der Waals surface area contributed by atoms with Gasteiger partial charge in [-0.05, 0) is 77.3 Å². The first-order valence-corrected chi connectivity index (χ1v) is 7.43. The Kier molecular flexibility index (Phi) is 3.56. The van der Waals surface area contributed by atoms with Gasteiger partial charge in [-0.15, -0.1) is 0 Å². The first kappa shape index (κ1) is 14.6. The number of fused-ring (bicyclic) bond motifs is 1. The molecule has 0 aliphatic rings. The Bertz CT molecular complexity index is 863. The zero-order valence-electron chi connectivity index (χ0n) is 10.4. The van der Waals surface area contributed by atoms with E-state index in [2.05, 4.69) is 27.6 Å². The fourth-order valence-corrected chi connectivity index (χ4v) is 2.81. The average Bonchev–Trinajstić information content (AvgIpc) is 2.74. The van der Waals surface area contributed by atoms with E-state index in [0.29, 0.717) is 15.8 Å². The van der Waals surface area contributed by atoms with Gasteiger partial charge in [-0.25, -0.2) is 0 Å². The van der Waals surface area contributed by atoms with Gasteiger partial charge in [-0.2, -0.15) is 13.2 Å². The molecule has 0 fully saturated rings. The molecular formula is C14H8F3IN2S. The quantitative estimate of drug-likeness (QED) is 0.418. The highest BCUT2D eigenvalue weighted by molar-refractivity contribution is 14.1. The van der Waals surface area contributed by atoms with E-state index in [1.807, 2.05) is 24.3 Å². The van der Waals surface area contributed by atoms with Crippen LogP contribution in [0.5, 0.6) is 0 Å². The van der Waals surface area contributed by atoms with Crippen LogP contribution in [0, 0.1) is 8.34 Å². The zero-order valence-corrected chi connectivity index (χ0v) is 13.4. The van der Waals surface area contributed by atoms with Crippen LogP contribution in [0.4, 0.5) is 13.2 Å². The van der Waals surface area contributed by atoms with Gasteiger partial charge in [0, 0.05) is 9.26 Å². The molecule has 0 unspecified atom stereocenters. The van der Waals surface area contributed by atoms with Crippen LogP contribution >= 0.6 is 34.8 Å². The second kappa shape index (κ2) is 5.13. The van der Waals surface area contributed by atoms with Crippen LogP contribution in [0.25, 0.3) is 16.7 Å². The summed E-state index contributed by atoms with van der Waals surface area (Å²) in [4.78, 5) is 2.83. The van der Waals surface area contributed by atoms with Crippen molar-refractivity contribution >= 4 is 45.8 Å². The summed E-state index contributed by atoms with van der Waals surface area (Å²) in [6.07, 6.45) is -4.37. The lowest BCUT2D eigenvalue weighted by molar-refractivity contribution is -0.137. The van der Waals surface area contributed by atoms with Crippen LogP contribution in [0.1, 0.15) is 5.56 Å². The van der Waals surface area contributed by atoms with Crippen LogP contribution in [-0.4, -0.2) is 9.55 Å². The molecule has 1 N–H and O–H groups in total. The van der Waals surface area contributed by atoms with Crippen LogP contribution < -0.4 is 0 Å². The number of alkyl halides is 3. The molecule has 0 saturated carbocycles. The van der Waals surface area contributed by atoms with E-state index >= 15 is 0 Å². The van der Waals surface area contributed by atoms with Crippen LogP contribution in [-0.2, 0) is 6.18 Å². The molecule has 0 amide bonds. The molecule has 2 aromatic carbocycles. The zero-order chi connectivity index (χ0) is 15.2. The second-order valence-corrected chi connectivity index (χ2v) is 6.10. The fourth-order valence-electron chi connectivity index (χ4n) is 2.13. The molecule has 0 aliphatic heterocycles. The Morgan fingerprint density at radius 2 is 1.71 bits per heavy atom. The summed E-state index contributed by atoms with van der Waals surface area (Å²) in [7, 11) is 0. The topological polar surface area (TPSA) is 20.7 Å². The van der Waals surface area contributed by atoms with Crippen LogP contribution in [0.3, 0.4) is 0 Å². The molecule has 1 aromatic heterocycles. The largest absolute Gasteiger partial charge is 0.416 e. The first-order valence-electron chi connectivity index (χ1n) is 5.94. The molecular weight excluding hydrogens is 412 g/mol. The number of halogens is 4. The number of aromatic amines is 1. The summed E-state index contributed by atoms with van der Waals surface area (Å²) in [6, 6.07) is 11.2. The molecule has 21 heavy (non-hydrogen) atoms. The van der Waals surface area contributed by atoms with E-state index in [1.165, 1.54) is 6.07 Å². The summed E-state index contributed by atoms with van der Waals surface area (Å²) < 4.78 is 41.4. The average molecular weight is 420 g/mol. The summed E-state index contributed by atoms with van der Waals surface area (Å²) >= 11 is 7.41. The number of rotatable bonds is 1. The highest BCUT2D eigenvalue weighted by Crippen LogP contribution is 2.31. The van der Waals surface area contributed by atoms with Crippen LogP contribution in [0.2, 0.25) is 0 Å². The van der Waals surface area contributed by atoms with Crippen molar-refractivity contribution in [2.24, 2.45) is 0 Å². The molecule has 2 nitrogen and oxygen atoms in total. The SMILES string of the molecule is FC(F)(F)c1ccc2c(c1)[nH]c(=S)n2-c1ccc(I)cc1. The van der Waals surface area contributed by atoms with Gasteiger partial charge in [0.1, 0.15) is 0 Å². The molecule has 7 heteroatoms. The summed E-state index contributed by atoms with van der Waals surface area (Å²) in [5.74, 6) is 0. The van der Waals surface area contributed by atoms with Crippen molar-refractivity contribution in [2.75, 3.05) is 0 Å². The monoisotopic (exact) mass is 420 g/mol. The molecule has 3 aromatic rings. The Morgan fingerprint density at radius 1 is 1.05 bits per heavy atom. The summed E-state index contributed by atoms with van der Waals surface area (Å²) in [6.45, 7) is 0. The first-order chi connectivity index (χ1) is 9.86. The van der Waals surface area contributed by atoms with E-state index in [0.717, 1.165) is 21.4 Å². The maximum Gasteiger partial charge on any atom is 0.416 e. The third-order valence-corrected chi connectivity index (χ3v) is 4.10. The number of nitrogens with one attached hydrogen (secondary N) is 1. The fraction of sp³-hybridized carbons (Fsp3) is 0.0714. The van der Waals surface area contributed by atoms with Gasteiger partial charge < -0.3 is 4.98 Å². The van der Waals surface area contributed by atoms with Crippen LogP contribution in [0.15, 0.2) is 42.5 Å². The van der Waals surface area contributed by atoms with Gasteiger partial charge in [-0.1, -0.05) is 0 Å². The van der Waals surface area contributed by atoms with Gasteiger partial charge in [-0.3, -0.25) is 4.57 Å². The third-order valence-electron chi connectivity index (χ3n) is 3.09. The minimum absolute atomic E-state index is 0.366. The normalized spacial score (nSPS) is 12.0. The van der Waals surface area contributed by atoms with Crippen molar-refractivity contribution in [3.05, 3.63) is 56.4 Å². The number of hydrogen-bond donors (Lipinski definition) is 1. The minimum Gasteiger partial charge on any atom is -0.330 e. The van der Waals surface area contributed by atoms with Crippen molar-refractivity contribution in [3.8, 4) is 5.69 Å². The number of H-pyrrole nitrogens is 1. The number of benzene rings is 2. The lowest BCUT2D eigenvalue weighted by Crippen LogP contribution is -2.04. The molecule has 0 spiro atoms. The molecule has 0 aliphatic carbocycles. The smallest absolute Gasteiger partial charge is 0.330 e. The van der Waals surface area contributed by atoms with E-state index in [-0.39, 0.29) is 0 Å². The van der Waals surface area contributed by atoms with Crippen molar-refractivity contribution < 1.29 is 13.2 Å². The van der Waals surface area contributed by atoms with Gasteiger partial charge in [0.2, 0.25) is 0 Å². The molecule has 0 radical (unpaired) electrons. The van der Waals surface area contributed by atoms with E-state index in [9.17, 15) is 13.2 Å². The van der Waals surface area contributed by atoms with Gasteiger partial charge in [0.25, 0.3) is 0 Å². The Labute approximate surface area is 136 Å². The molecule has 0 saturated heterocycles. The molecule has 0 bridgehead atoms. The maximum absolute atomic E-state index is 12.7. The molecule has 0 atom stereocenters. The highest BCUT2D eigenvalue weighted by Gasteiger charge is 2.30. The molecule has 108 valence electrons. The molecule has 1 heterocycles. The number of aromatic nitrogens is 2. The predicted octanol–water partition coefficient (Wildman–Crippen LogP) is 5.31. The summed E-state index contributed by atoms with van der Waals surface area (Å²) in [5.41, 5.74) is 1.11. The summed E-state index contributed by atoms with van der Waals surface area (Å²) in [5, 5.41) is 0. The van der Waals surface area contributed by atoms with E-state index in [4.69, 9.17) is 12.2 Å². The van der Waals surface area contributed by atoms with E-state index in [1.54, 1.807) is 4.57 Å². The number of imidazole rings is 1. The molecule has 3 rings (SSSR count). The van der Waals surface area contributed by atoms with E-state index < -0.39 is 11.7 Å². The highest BCUT2D eigenvalue weighted by atomic mass is 127. The maximum atomic E-state index is 12.7. The van der Waals surface area contributed by atoms with Crippen molar-refractivity contribution in [3.63, 3.8) is 0 Å². The number of hydrogen-bond acceptors (Lipinski definition) is 1. The van der Waals surface area contributed by atoms with Crippen molar-refractivity contribution in [1.82, 2.24) is 9.55 Å². The van der Waals surface area contributed by atoms with Gasteiger partial charge in [0.15, 0.2) is 4.77 Å². The lowest BCUT2D eigenvalue weighted by atomic mass is 10.2.